The number of fused-ring (bicyclic) bond motifs is 1. The highest BCUT2D eigenvalue weighted by Gasteiger charge is 2.21. The minimum Gasteiger partial charge on any atom is -0.341 e. The lowest BCUT2D eigenvalue weighted by Gasteiger charge is -2.28. The van der Waals surface area contributed by atoms with Crippen molar-refractivity contribution in [3.63, 3.8) is 0 Å². The summed E-state index contributed by atoms with van der Waals surface area (Å²) in [6.07, 6.45) is 3.34. The average Bonchev–Trinajstić information content (AvgIpc) is 2.68. The second-order valence-corrected chi connectivity index (χ2v) is 5.70. The Morgan fingerprint density at radius 1 is 1.05 bits per heavy atom. The minimum absolute atomic E-state index is 0.218. The molecular weight excluding hydrogens is 263 g/mol. The van der Waals surface area contributed by atoms with Gasteiger partial charge in [0, 0.05) is 29.5 Å². The molecule has 0 amide bonds. The summed E-state index contributed by atoms with van der Waals surface area (Å²) in [6, 6.07) is 13.3. The van der Waals surface area contributed by atoms with Gasteiger partial charge in [-0.05, 0) is 49.9 Å². The molecule has 1 heterocycles. The minimum atomic E-state index is -0.323. The number of rotatable bonds is 2. The van der Waals surface area contributed by atoms with E-state index in [1.807, 2.05) is 19.1 Å². The molecule has 0 radical (unpaired) electrons. The molecule has 0 saturated carbocycles. The average molecular weight is 284 g/mol. The Morgan fingerprint density at radius 2 is 1.81 bits per heavy atom. The Balaban J connectivity index is 2.15. The third kappa shape index (κ3) is 2.66. The summed E-state index contributed by atoms with van der Waals surface area (Å²) in [5.41, 5.74) is 10.0. The van der Waals surface area contributed by atoms with Crippen molar-refractivity contribution < 1.29 is 4.39 Å². The van der Waals surface area contributed by atoms with Gasteiger partial charge in [-0.3, -0.25) is 0 Å². The third-order valence-electron chi connectivity index (χ3n) is 4.14. The van der Waals surface area contributed by atoms with Crippen LogP contribution in [0.2, 0.25) is 0 Å². The molecule has 2 nitrogen and oxygen atoms in total. The van der Waals surface area contributed by atoms with E-state index in [2.05, 4.69) is 23.1 Å². The van der Waals surface area contributed by atoms with Crippen LogP contribution < -0.4 is 10.6 Å². The fourth-order valence-electron chi connectivity index (χ4n) is 3.15. The van der Waals surface area contributed by atoms with Crippen molar-refractivity contribution in [1.29, 1.82) is 0 Å². The van der Waals surface area contributed by atoms with Crippen LogP contribution in [0.3, 0.4) is 0 Å². The smallest absolute Gasteiger partial charge is 0.130 e. The van der Waals surface area contributed by atoms with Crippen molar-refractivity contribution in [1.82, 2.24) is 0 Å². The van der Waals surface area contributed by atoms with Crippen LogP contribution in [0.4, 0.5) is 15.8 Å². The molecule has 0 aromatic heterocycles. The van der Waals surface area contributed by atoms with Gasteiger partial charge in [-0.15, -0.1) is 0 Å². The van der Waals surface area contributed by atoms with E-state index in [0.29, 0.717) is 5.56 Å². The standard InChI is InChI=1S/C18H21FN2/c1-13(20)18-15(19)9-6-11-17(18)21-12-5-4-8-14-7-2-3-10-16(14)21/h2-3,6-7,9-11,13H,4-5,8,12,20H2,1H3/t13-/m0/s1. The van der Waals surface area contributed by atoms with Crippen LogP contribution in [-0.2, 0) is 6.42 Å². The molecular formula is C18H21FN2. The van der Waals surface area contributed by atoms with Gasteiger partial charge in [0.1, 0.15) is 5.82 Å². The fourth-order valence-corrected chi connectivity index (χ4v) is 3.15. The first kappa shape index (κ1) is 14.1. The lowest BCUT2D eigenvalue weighted by molar-refractivity contribution is 0.593. The number of hydrogen-bond donors (Lipinski definition) is 1. The van der Waals surface area contributed by atoms with Gasteiger partial charge < -0.3 is 10.6 Å². The normalized spacial score (nSPS) is 16.2. The first-order valence-corrected chi connectivity index (χ1v) is 7.58. The lowest BCUT2D eigenvalue weighted by atomic mass is 10.0. The van der Waals surface area contributed by atoms with Crippen molar-refractivity contribution in [3.8, 4) is 0 Å². The molecule has 0 bridgehead atoms. The Labute approximate surface area is 125 Å². The van der Waals surface area contributed by atoms with Crippen LogP contribution in [0.15, 0.2) is 42.5 Å². The summed E-state index contributed by atoms with van der Waals surface area (Å²) in [5.74, 6) is -0.218. The molecule has 2 N–H and O–H groups in total. The highest BCUT2D eigenvalue weighted by molar-refractivity contribution is 5.70. The maximum Gasteiger partial charge on any atom is 0.130 e. The van der Waals surface area contributed by atoms with E-state index in [9.17, 15) is 4.39 Å². The van der Waals surface area contributed by atoms with Gasteiger partial charge in [0.25, 0.3) is 0 Å². The zero-order valence-electron chi connectivity index (χ0n) is 12.3. The summed E-state index contributed by atoms with van der Waals surface area (Å²) < 4.78 is 14.2. The Morgan fingerprint density at radius 3 is 2.62 bits per heavy atom. The summed E-state index contributed by atoms with van der Waals surface area (Å²) >= 11 is 0. The van der Waals surface area contributed by atoms with Crippen LogP contribution in [0.1, 0.15) is 36.9 Å². The van der Waals surface area contributed by atoms with E-state index < -0.39 is 0 Å². The number of benzene rings is 2. The molecule has 0 saturated heterocycles. The van der Waals surface area contributed by atoms with Gasteiger partial charge in [0.15, 0.2) is 0 Å². The van der Waals surface area contributed by atoms with Crippen molar-refractivity contribution in [3.05, 3.63) is 59.4 Å². The van der Waals surface area contributed by atoms with Gasteiger partial charge >= 0.3 is 0 Å². The van der Waals surface area contributed by atoms with Gasteiger partial charge in [0.05, 0.1) is 0 Å². The molecule has 21 heavy (non-hydrogen) atoms. The number of nitrogens with two attached hydrogens (primary N) is 1. The van der Waals surface area contributed by atoms with Crippen molar-refractivity contribution in [2.45, 2.75) is 32.2 Å². The Hall–Kier alpha value is -1.87. The lowest BCUT2D eigenvalue weighted by Crippen LogP contribution is -2.22. The van der Waals surface area contributed by atoms with E-state index in [0.717, 1.165) is 31.5 Å². The topological polar surface area (TPSA) is 29.3 Å². The molecule has 0 fully saturated rings. The Kier molecular flexibility index (Phi) is 3.93. The molecule has 1 aliphatic rings. The van der Waals surface area contributed by atoms with Crippen molar-refractivity contribution in [2.75, 3.05) is 11.4 Å². The van der Waals surface area contributed by atoms with Crippen LogP contribution in [0.5, 0.6) is 0 Å². The maximum atomic E-state index is 14.2. The van der Waals surface area contributed by atoms with Gasteiger partial charge in [0.2, 0.25) is 0 Å². The number of aryl methyl sites for hydroxylation is 1. The van der Waals surface area contributed by atoms with Crippen molar-refractivity contribution >= 4 is 11.4 Å². The predicted molar refractivity (Wildman–Crippen MR) is 85.4 cm³/mol. The van der Waals surface area contributed by atoms with Crippen LogP contribution in [0, 0.1) is 5.82 Å². The van der Waals surface area contributed by atoms with Gasteiger partial charge in [-0.25, -0.2) is 4.39 Å². The first-order valence-electron chi connectivity index (χ1n) is 7.58. The fraction of sp³-hybridized carbons (Fsp3) is 0.333. The summed E-state index contributed by atoms with van der Waals surface area (Å²) in [7, 11) is 0. The van der Waals surface area contributed by atoms with Crippen LogP contribution >= 0.6 is 0 Å². The SMILES string of the molecule is C[C@H](N)c1c(F)cccc1N1CCCCc2ccccc21. The monoisotopic (exact) mass is 284 g/mol. The molecule has 2 aromatic carbocycles. The second-order valence-electron chi connectivity index (χ2n) is 5.70. The third-order valence-corrected chi connectivity index (χ3v) is 4.14. The number of hydrogen-bond acceptors (Lipinski definition) is 2. The van der Waals surface area contributed by atoms with E-state index >= 15 is 0 Å². The molecule has 0 aliphatic carbocycles. The molecule has 3 heteroatoms. The number of anilines is 2. The van der Waals surface area contributed by atoms with Gasteiger partial charge in [-0.2, -0.15) is 0 Å². The number of nitrogens with zero attached hydrogens (tertiary/aromatic N) is 1. The summed E-state index contributed by atoms with van der Waals surface area (Å²) in [6.45, 7) is 2.74. The summed E-state index contributed by atoms with van der Waals surface area (Å²) in [5, 5.41) is 0. The second kappa shape index (κ2) is 5.86. The predicted octanol–water partition coefficient (Wildman–Crippen LogP) is 4.32. The zero-order valence-corrected chi connectivity index (χ0v) is 12.3. The zero-order chi connectivity index (χ0) is 14.8. The molecule has 110 valence electrons. The van der Waals surface area contributed by atoms with Crippen molar-refractivity contribution in [2.24, 2.45) is 5.73 Å². The summed E-state index contributed by atoms with van der Waals surface area (Å²) in [4.78, 5) is 2.23. The molecule has 2 aromatic rings. The highest BCUT2D eigenvalue weighted by atomic mass is 19.1. The van der Waals surface area contributed by atoms with E-state index in [1.54, 1.807) is 6.07 Å². The van der Waals surface area contributed by atoms with Crippen LogP contribution in [0.25, 0.3) is 0 Å². The number of halogens is 1. The largest absolute Gasteiger partial charge is 0.341 e. The quantitative estimate of drug-likeness (QED) is 0.890. The van der Waals surface area contributed by atoms with E-state index in [-0.39, 0.29) is 11.9 Å². The van der Waals surface area contributed by atoms with E-state index in [1.165, 1.54) is 17.3 Å². The van der Waals surface area contributed by atoms with Gasteiger partial charge in [-0.1, -0.05) is 24.3 Å². The molecule has 3 rings (SSSR count). The highest BCUT2D eigenvalue weighted by Crippen LogP contribution is 2.36. The maximum absolute atomic E-state index is 14.2. The van der Waals surface area contributed by atoms with Crippen LogP contribution in [-0.4, -0.2) is 6.54 Å². The van der Waals surface area contributed by atoms with E-state index in [4.69, 9.17) is 5.73 Å². The molecule has 0 spiro atoms. The first-order chi connectivity index (χ1) is 10.2. The Bertz CT molecular complexity index is 637. The molecule has 0 unspecified atom stereocenters. The molecule has 1 atom stereocenters. The number of para-hydroxylation sites is 1. The molecule has 1 aliphatic heterocycles.